The zero-order valence-corrected chi connectivity index (χ0v) is 23.6. The molecule has 0 aromatic heterocycles. The third-order valence-electron chi connectivity index (χ3n) is 8.28. The Morgan fingerprint density at radius 2 is 1.05 bits per heavy atom. The van der Waals surface area contributed by atoms with Crippen molar-refractivity contribution in [2.45, 2.75) is 121 Å². The quantitative estimate of drug-likeness (QED) is 0.170. The minimum atomic E-state index is -4.05. The summed E-state index contributed by atoms with van der Waals surface area (Å²) in [4.78, 5) is 12.2. The summed E-state index contributed by atoms with van der Waals surface area (Å²) in [7, 11) is -4.05. The summed E-state index contributed by atoms with van der Waals surface area (Å²) >= 11 is 0. The van der Waals surface area contributed by atoms with Crippen LogP contribution in [0.1, 0.15) is 96.3 Å². The zero-order valence-electron chi connectivity index (χ0n) is 22.7. The molecule has 3 fully saturated rings. The van der Waals surface area contributed by atoms with Gasteiger partial charge in [-0.15, -0.1) is 0 Å². The van der Waals surface area contributed by atoms with Crippen molar-refractivity contribution < 1.29 is 48.1 Å². The Morgan fingerprint density at radius 1 is 0.632 bits per heavy atom. The van der Waals surface area contributed by atoms with Gasteiger partial charge in [-0.25, -0.2) is 9.36 Å². The maximum absolute atomic E-state index is 13.4. The number of hydrogen-bond acceptors (Lipinski definition) is 10. The molecular weight excluding hydrogens is 515 g/mol. The molecule has 4 atom stereocenters. The van der Waals surface area contributed by atoms with E-state index in [0.29, 0.717) is 0 Å². The van der Waals surface area contributed by atoms with Crippen molar-refractivity contribution in [1.82, 2.24) is 0 Å². The van der Waals surface area contributed by atoms with Crippen molar-refractivity contribution in [2.75, 3.05) is 26.4 Å². The molecule has 222 valence electrons. The largest absolute Gasteiger partial charge is 0.474 e. The van der Waals surface area contributed by atoms with E-state index in [9.17, 15) is 29.8 Å². The second-order valence-electron chi connectivity index (χ2n) is 11.5. The van der Waals surface area contributed by atoms with Crippen LogP contribution < -0.4 is 0 Å². The smallest absolute Gasteiger partial charge is 0.463 e. The van der Waals surface area contributed by atoms with Crippen LogP contribution in [0.15, 0.2) is 0 Å². The molecular formula is C27H49O10P. The average Bonchev–Trinajstić information content (AvgIpc) is 2.97. The van der Waals surface area contributed by atoms with Crippen LogP contribution in [-0.2, 0) is 27.7 Å². The van der Waals surface area contributed by atoms with Crippen LogP contribution in [-0.4, -0.2) is 77.2 Å². The third-order valence-corrected chi connectivity index (χ3v) is 9.68. The number of hydrogen-bond donors (Lipinski definition) is 4. The van der Waals surface area contributed by atoms with Gasteiger partial charge >= 0.3 is 13.8 Å². The number of aliphatic hydroxyl groups excluding tert-OH is 4. The Labute approximate surface area is 227 Å². The number of aliphatic hydroxyl groups is 4. The van der Waals surface area contributed by atoms with Crippen LogP contribution in [0.25, 0.3) is 0 Å². The maximum atomic E-state index is 13.4. The first kappa shape index (κ1) is 31.9. The number of rotatable bonds is 15. The Hall–Kier alpha value is -0.580. The standard InChI is InChI=1S/C27H49O10P/c28-23(24(29)25(30)26(31)27(32)34-16-20-10-4-1-5-11-20)19-37-38(33,35-17-21-12-6-2-7-13-21)36-18-22-14-8-3-9-15-22/h20-26,28-31H,1-19H2/t23-,24-,25+,26-/m1/s1. The van der Waals surface area contributed by atoms with Crippen LogP contribution in [0.3, 0.4) is 0 Å². The van der Waals surface area contributed by atoms with E-state index in [1.54, 1.807) is 0 Å². The molecule has 0 aromatic carbocycles. The maximum Gasteiger partial charge on any atom is 0.474 e. The van der Waals surface area contributed by atoms with Gasteiger partial charge in [0.1, 0.15) is 18.3 Å². The highest BCUT2D eigenvalue weighted by Gasteiger charge is 2.38. The van der Waals surface area contributed by atoms with E-state index in [1.807, 2.05) is 0 Å². The molecule has 0 saturated heterocycles. The summed E-state index contributed by atoms with van der Waals surface area (Å²) in [6.07, 6.45) is 8.05. The molecule has 0 unspecified atom stereocenters. The SMILES string of the molecule is O=C(OCC1CCCCC1)[C@H](O)[C@@H](O)[C@H](O)[C@H](O)COP(=O)(OCC1CCCCC1)OCC1CCCCC1. The fourth-order valence-corrected chi connectivity index (χ4v) is 7.02. The van der Waals surface area contributed by atoms with Crippen LogP contribution in [0.4, 0.5) is 0 Å². The van der Waals surface area contributed by atoms with Crippen LogP contribution >= 0.6 is 7.82 Å². The van der Waals surface area contributed by atoms with Gasteiger partial charge in [-0.2, -0.15) is 0 Å². The van der Waals surface area contributed by atoms with Crippen LogP contribution in [0, 0.1) is 17.8 Å². The van der Waals surface area contributed by atoms with Gasteiger partial charge in [0, 0.05) is 0 Å². The molecule has 0 amide bonds. The van der Waals surface area contributed by atoms with Gasteiger partial charge in [0.05, 0.1) is 26.4 Å². The summed E-state index contributed by atoms with van der Waals surface area (Å²) < 4.78 is 35.3. The third kappa shape index (κ3) is 10.8. The summed E-state index contributed by atoms with van der Waals surface area (Å²) in [5.41, 5.74) is 0. The Balaban J connectivity index is 1.48. The lowest BCUT2D eigenvalue weighted by molar-refractivity contribution is -0.171. The average molecular weight is 565 g/mol. The van der Waals surface area contributed by atoms with E-state index in [4.69, 9.17) is 18.3 Å². The fraction of sp³-hybridized carbons (Fsp3) is 0.963. The Morgan fingerprint density at radius 3 is 1.50 bits per heavy atom. The number of ether oxygens (including phenoxy) is 1. The number of phosphoric acid groups is 1. The van der Waals surface area contributed by atoms with Gasteiger partial charge in [-0.3, -0.25) is 13.6 Å². The molecule has 0 aromatic rings. The highest BCUT2D eigenvalue weighted by atomic mass is 31.2. The summed E-state index contributed by atoms with van der Waals surface area (Å²) in [5, 5.41) is 41.3. The van der Waals surface area contributed by atoms with Crippen molar-refractivity contribution in [1.29, 1.82) is 0 Å². The van der Waals surface area contributed by atoms with Gasteiger partial charge in [0.2, 0.25) is 0 Å². The number of phosphoric ester groups is 1. The molecule has 0 bridgehead atoms. The first-order valence-corrected chi connectivity index (χ1v) is 16.2. The molecule has 10 nitrogen and oxygen atoms in total. The molecule has 3 rings (SSSR count). The van der Waals surface area contributed by atoms with E-state index in [0.717, 1.165) is 83.5 Å². The predicted molar refractivity (Wildman–Crippen MR) is 140 cm³/mol. The molecule has 3 aliphatic rings. The molecule has 11 heteroatoms. The van der Waals surface area contributed by atoms with Crippen molar-refractivity contribution in [3.63, 3.8) is 0 Å². The molecule has 0 heterocycles. The Kier molecular flexibility index (Phi) is 14.0. The predicted octanol–water partition coefficient (Wildman–Crippen LogP) is 3.87. The van der Waals surface area contributed by atoms with Crippen molar-refractivity contribution in [2.24, 2.45) is 17.8 Å². The van der Waals surface area contributed by atoms with E-state index in [-0.39, 0.29) is 37.6 Å². The second-order valence-corrected chi connectivity index (χ2v) is 13.1. The first-order valence-electron chi connectivity index (χ1n) is 14.7. The molecule has 0 radical (unpaired) electrons. The minimum absolute atomic E-state index is 0.143. The fourth-order valence-electron chi connectivity index (χ4n) is 5.67. The summed E-state index contributed by atoms with van der Waals surface area (Å²) in [6.45, 7) is -0.0948. The van der Waals surface area contributed by atoms with Crippen molar-refractivity contribution >= 4 is 13.8 Å². The lowest BCUT2D eigenvalue weighted by Crippen LogP contribution is -2.49. The molecule has 38 heavy (non-hydrogen) atoms. The summed E-state index contributed by atoms with van der Waals surface area (Å²) in [5.74, 6) is -0.331. The highest BCUT2D eigenvalue weighted by molar-refractivity contribution is 7.48. The van der Waals surface area contributed by atoms with Crippen molar-refractivity contribution in [3.05, 3.63) is 0 Å². The van der Waals surface area contributed by atoms with E-state index >= 15 is 0 Å². The zero-order chi connectivity index (χ0) is 27.4. The lowest BCUT2D eigenvalue weighted by atomic mass is 9.90. The molecule has 3 saturated carbocycles. The van der Waals surface area contributed by atoms with E-state index in [2.05, 4.69) is 0 Å². The van der Waals surface area contributed by atoms with Gasteiger partial charge < -0.3 is 25.2 Å². The van der Waals surface area contributed by atoms with E-state index in [1.165, 1.54) is 12.8 Å². The molecule has 0 aliphatic heterocycles. The monoisotopic (exact) mass is 564 g/mol. The second kappa shape index (κ2) is 16.6. The van der Waals surface area contributed by atoms with Crippen LogP contribution in [0.2, 0.25) is 0 Å². The minimum Gasteiger partial charge on any atom is -0.463 e. The first-order chi connectivity index (χ1) is 18.3. The number of esters is 1. The normalized spacial score (nSPS) is 24.0. The summed E-state index contributed by atoms with van der Waals surface area (Å²) in [6, 6.07) is 0. The molecule has 3 aliphatic carbocycles. The molecule has 0 spiro atoms. The number of carbonyl (C=O) groups is 1. The molecule has 4 N–H and O–H groups in total. The van der Waals surface area contributed by atoms with Gasteiger partial charge in [0.25, 0.3) is 0 Å². The lowest BCUT2D eigenvalue weighted by Gasteiger charge is -2.29. The Bertz CT molecular complexity index is 693. The topological polar surface area (TPSA) is 152 Å². The van der Waals surface area contributed by atoms with Gasteiger partial charge in [0.15, 0.2) is 6.10 Å². The van der Waals surface area contributed by atoms with Crippen LogP contribution in [0.5, 0.6) is 0 Å². The highest BCUT2D eigenvalue weighted by Crippen LogP contribution is 2.51. The number of carbonyl (C=O) groups excluding carboxylic acids is 1. The van der Waals surface area contributed by atoms with Gasteiger partial charge in [-0.05, 0) is 56.3 Å². The van der Waals surface area contributed by atoms with E-state index < -0.39 is 44.8 Å². The van der Waals surface area contributed by atoms with Crippen molar-refractivity contribution in [3.8, 4) is 0 Å². The van der Waals surface area contributed by atoms with Gasteiger partial charge in [-0.1, -0.05) is 57.8 Å².